The van der Waals surface area contributed by atoms with Gasteiger partial charge in [-0.15, -0.1) is 0 Å². The first-order chi connectivity index (χ1) is 9.26. The Morgan fingerprint density at radius 1 is 1.30 bits per heavy atom. The number of carbonyl (C=O) groups is 1. The van der Waals surface area contributed by atoms with Gasteiger partial charge in [0.2, 0.25) is 0 Å². The van der Waals surface area contributed by atoms with Crippen molar-refractivity contribution in [1.29, 1.82) is 0 Å². The zero-order valence-corrected chi connectivity index (χ0v) is 11.1. The first-order valence-electron chi connectivity index (χ1n) is 6.24. The third-order valence-corrected chi connectivity index (χ3v) is 3.01. The molecule has 1 heterocycles. The van der Waals surface area contributed by atoms with Crippen LogP contribution in [0.4, 0.5) is 13.2 Å². The highest BCUT2D eigenvalue weighted by molar-refractivity contribution is 5.98. The van der Waals surface area contributed by atoms with Crippen LogP contribution in [-0.2, 0) is 0 Å². The number of aromatic amines is 1. The molecule has 0 bridgehead atoms. The Morgan fingerprint density at radius 2 is 2.00 bits per heavy atom. The topological polar surface area (TPSA) is 44.9 Å². The number of amides is 1. The average Bonchev–Trinajstić information content (AvgIpc) is 2.77. The fraction of sp³-hybridized carbons (Fsp3) is 0.357. The van der Waals surface area contributed by atoms with Crippen molar-refractivity contribution in [1.82, 2.24) is 10.3 Å². The smallest absolute Gasteiger partial charge is 0.351 e. The van der Waals surface area contributed by atoms with E-state index in [0.717, 1.165) is 16.5 Å². The Bertz CT molecular complexity index is 629. The van der Waals surface area contributed by atoms with Gasteiger partial charge in [-0.05, 0) is 23.6 Å². The summed E-state index contributed by atoms with van der Waals surface area (Å²) in [4.78, 5) is 14.5. The normalized spacial score (nSPS) is 12.1. The summed E-state index contributed by atoms with van der Waals surface area (Å²) in [6.07, 6.45) is -4.41. The van der Waals surface area contributed by atoms with Crippen LogP contribution in [0.1, 0.15) is 35.8 Å². The molecule has 0 saturated heterocycles. The third-order valence-electron chi connectivity index (χ3n) is 3.01. The lowest BCUT2D eigenvalue weighted by Crippen LogP contribution is -2.33. The second-order valence-corrected chi connectivity index (χ2v) is 4.98. The van der Waals surface area contributed by atoms with E-state index in [2.05, 4.69) is 4.98 Å². The molecule has 0 unspecified atom stereocenters. The van der Waals surface area contributed by atoms with Crippen LogP contribution < -0.4 is 5.32 Å². The predicted molar refractivity (Wildman–Crippen MR) is 70.8 cm³/mol. The number of nitrogens with one attached hydrogen (secondary N) is 2. The highest BCUT2D eigenvalue weighted by atomic mass is 19.4. The minimum Gasteiger partial charge on any atom is -0.351 e. The minimum atomic E-state index is -4.41. The maximum atomic E-state index is 12.1. The van der Waals surface area contributed by atoms with Crippen molar-refractivity contribution in [3.8, 4) is 0 Å². The largest absolute Gasteiger partial charge is 0.405 e. The summed E-state index contributed by atoms with van der Waals surface area (Å²) in [7, 11) is 0. The van der Waals surface area contributed by atoms with Gasteiger partial charge in [-0.25, -0.2) is 0 Å². The molecule has 0 fully saturated rings. The Morgan fingerprint density at radius 3 is 2.60 bits per heavy atom. The van der Waals surface area contributed by atoms with Crippen molar-refractivity contribution in [2.24, 2.45) is 0 Å². The SMILES string of the molecule is CC(C)c1ccc2cc(C(=O)NCC(F)(F)F)[nH]c2c1. The van der Waals surface area contributed by atoms with Crippen molar-refractivity contribution < 1.29 is 18.0 Å². The molecule has 1 aromatic carbocycles. The average molecular weight is 284 g/mol. The van der Waals surface area contributed by atoms with Crippen molar-refractivity contribution >= 4 is 16.8 Å². The first kappa shape index (κ1) is 14.4. The van der Waals surface area contributed by atoms with E-state index < -0.39 is 18.6 Å². The number of hydrogen-bond donors (Lipinski definition) is 2. The number of carbonyl (C=O) groups excluding carboxylic acids is 1. The monoisotopic (exact) mass is 284 g/mol. The number of hydrogen-bond acceptors (Lipinski definition) is 1. The van der Waals surface area contributed by atoms with Gasteiger partial charge in [0.05, 0.1) is 0 Å². The summed E-state index contributed by atoms with van der Waals surface area (Å²) >= 11 is 0. The minimum absolute atomic E-state index is 0.130. The van der Waals surface area contributed by atoms with Gasteiger partial charge in [-0.1, -0.05) is 26.0 Å². The first-order valence-corrected chi connectivity index (χ1v) is 6.24. The molecular formula is C14H15F3N2O. The zero-order chi connectivity index (χ0) is 14.9. The van der Waals surface area contributed by atoms with Gasteiger partial charge in [-0.2, -0.15) is 13.2 Å². The molecule has 6 heteroatoms. The second kappa shape index (κ2) is 5.19. The molecule has 0 saturated carbocycles. The van der Waals surface area contributed by atoms with Crippen LogP contribution in [0.5, 0.6) is 0 Å². The number of rotatable bonds is 3. The number of H-pyrrole nitrogens is 1. The second-order valence-electron chi connectivity index (χ2n) is 4.98. The van der Waals surface area contributed by atoms with Gasteiger partial charge >= 0.3 is 6.18 Å². The lowest BCUT2D eigenvalue weighted by molar-refractivity contribution is -0.123. The highest BCUT2D eigenvalue weighted by Gasteiger charge is 2.28. The summed E-state index contributed by atoms with van der Waals surface area (Å²) < 4.78 is 36.2. The molecule has 1 aromatic heterocycles. The molecule has 0 radical (unpaired) electrons. The fourth-order valence-corrected chi connectivity index (χ4v) is 1.90. The molecule has 1 amide bonds. The van der Waals surface area contributed by atoms with E-state index >= 15 is 0 Å². The number of aromatic nitrogens is 1. The number of halogens is 3. The van der Waals surface area contributed by atoms with Gasteiger partial charge in [-0.3, -0.25) is 4.79 Å². The third kappa shape index (κ3) is 3.31. The van der Waals surface area contributed by atoms with Crippen molar-refractivity contribution in [3.05, 3.63) is 35.5 Å². The predicted octanol–water partition coefficient (Wildman–Crippen LogP) is 3.58. The molecule has 2 rings (SSSR count). The van der Waals surface area contributed by atoms with Gasteiger partial charge in [0.1, 0.15) is 12.2 Å². The summed E-state index contributed by atoms with van der Waals surface area (Å²) in [5.74, 6) is -0.421. The lowest BCUT2D eigenvalue weighted by atomic mass is 10.0. The maximum Gasteiger partial charge on any atom is 0.405 e. The van der Waals surface area contributed by atoms with Crippen molar-refractivity contribution in [3.63, 3.8) is 0 Å². The summed E-state index contributed by atoms with van der Waals surface area (Å²) in [6, 6.07) is 7.24. The van der Waals surface area contributed by atoms with Gasteiger partial charge in [0, 0.05) is 10.9 Å². The van der Waals surface area contributed by atoms with Crippen LogP contribution in [0.25, 0.3) is 10.9 Å². The molecule has 3 nitrogen and oxygen atoms in total. The number of alkyl halides is 3. The Kier molecular flexibility index (Phi) is 3.74. The highest BCUT2D eigenvalue weighted by Crippen LogP contribution is 2.22. The summed E-state index contributed by atoms with van der Waals surface area (Å²) in [5, 5.41) is 2.64. The maximum absolute atomic E-state index is 12.1. The zero-order valence-electron chi connectivity index (χ0n) is 11.1. The van der Waals surface area contributed by atoms with Crippen molar-refractivity contribution in [2.45, 2.75) is 25.9 Å². The molecule has 0 spiro atoms. The van der Waals surface area contributed by atoms with Crippen LogP contribution in [0.15, 0.2) is 24.3 Å². The Labute approximate surface area is 114 Å². The fourth-order valence-electron chi connectivity index (χ4n) is 1.90. The van der Waals surface area contributed by atoms with E-state index in [0.29, 0.717) is 5.92 Å². The molecule has 0 aliphatic heterocycles. The molecule has 2 aromatic rings. The molecule has 2 N–H and O–H groups in total. The van der Waals surface area contributed by atoms with E-state index in [1.165, 1.54) is 0 Å². The van der Waals surface area contributed by atoms with Crippen LogP contribution in [-0.4, -0.2) is 23.6 Å². The van der Waals surface area contributed by atoms with E-state index in [9.17, 15) is 18.0 Å². The van der Waals surface area contributed by atoms with E-state index in [1.807, 2.05) is 37.4 Å². The van der Waals surface area contributed by atoms with Gasteiger partial charge in [0.25, 0.3) is 5.91 Å². The van der Waals surface area contributed by atoms with Crippen molar-refractivity contribution in [2.75, 3.05) is 6.54 Å². The number of benzene rings is 1. The quantitative estimate of drug-likeness (QED) is 0.889. The number of fused-ring (bicyclic) bond motifs is 1. The Hall–Kier alpha value is -1.98. The van der Waals surface area contributed by atoms with E-state index in [1.54, 1.807) is 6.07 Å². The molecule has 20 heavy (non-hydrogen) atoms. The van der Waals surface area contributed by atoms with Crippen LogP contribution >= 0.6 is 0 Å². The summed E-state index contributed by atoms with van der Waals surface area (Å²) in [5.41, 5.74) is 1.97. The van der Waals surface area contributed by atoms with E-state index in [-0.39, 0.29) is 5.69 Å². The van der Waals surface area contributed by atoms with Gasteiger partial charge in [0.15, 0.2) is 0 Å². The Balaban J connectivity index is 2.21. The standard InChI is InChI=1S/C14H15F3N2O/c1-8(2)9-3-4-10-6-12(19-11(10)5-9)13(20)18-7-14(15,16)17/h3-6,8,19H,7H2,1-2H3,(H,18,20). The van der Waals surface area contributed by atoms with Crippen LogP contribution in [0, 0.1) is 0 Å². The van der Waals surface area contributed by atoms with E-state index in [4.69, 9.17) is 0 Å². The van der Waals surface area contributed by atoms with Crippen LogP contribution in [0.3, 0.4) is 0 Å². The molecular weight excluding hydrogens is 269 g/mol. The molecule has 0 atom stereocenters. The molecule has 0 aliphatic rings. The van der Waals surface area contributed by atoms with Gasteiger partial charge < -0.3 is 10.3 Å². The molecule has 108 valence electrons. The summed E-state index contributed by atoms with van der Waals surface area (Å²) in [6.45, 7) is 2.75. The van der Waals surface area contributed by atoms with Crippen LogP contribution in [0.2, 0.25) is 0 Å². The lowest BCUT2D eigenvalue weighted by Gasteiger charge is -2.06. The molecule has 0 aliphatic carbocycles.